The molecule has 2 rings (SSSR count). The highest BCUT2D eigenvalue weighted by Gasteiger charge is 2.12. The van der Waals surface area contributed by atoms with Crippen molar-refractivity contribution in [2.45, 2.75) is 26.8 Å². The quantitative estimate of drug-likeness (QED) is 0.655. The van der Waals surface area contributed by atoms with Gasteiger partial charge in [0.05, 0.1) is 6.21 Å². The Morgan fingerprint density at radius 1 is 1.24 bits per heavy atom. The number of furan rings is 1. The molecule has 0 aliphatic rings. The molecular weight excluding hydrogens is 266 g/mol. The number of nitrogens with zero attached hydrogens (tertiary/aromatic N) is 1. The van der Waals surface area contributed by atoms with Gasteiger partial charge in [0, 0.05) is 5.69 Å². The predicted octanol–water partition coefficient (Wildman–Crippen LogP) is 2.85. The van der Waals surface area contributed by atoms with E-state index in [0.717, 1.165) is 17.0 Å². The van der Waals surface area contributed by atoms with E-state index in [1.807, 2.05) is 44.2 Å². The third kappa shape index (κ3) is 4.21. The fraction of sp³-hybridized carbons (Fsp3) is 0.250. The molecule has 2 aromatic rings. The summed E-state index contributed by atoms with van der Waals surface area (Å²) >= 11 is 0. The molecule has 5 nitrogen and oxygen atoms in total. The number of nitrogens with one attached hydrogen (secondary N) is 2. The molecule has 0 radical (unpaired) electrons. The van der Waals surface area contributed by atoms with Crippen molar-refractivity contribution in [3.05, 3.63) is 53.5 Å². The summed E-state index contributed by atoms with van der Waals surface area (Å²) in [7, 11) is 0. The van der Waals surface area contributed by atoms with Crippen LogP contribution in [0.5, 0.6) is 0 Å². The van der Waals surface area contributed by atoms with Crippen LogP contribution in [0.1, 0.15) is 24.0 Å². The van der Waals surface area contributed by atoms with Crippen LogP contribution < -0.4 is 10.7 Å². The maximum absolute atomic E-state index is 11.9. The lowest BCUT2D eigenvalue weighted by atomic mass is 10.2. The topological polar surface area (TPSA) is 66.6 Å². The van der Waals surface area contributed by atoms with Crippen LogP contribution in [0.2, 0.25) is 0 Å². The number of hydrazone groups is 1. The van der Waals surface area contributed by atoms with Crippen molar-refractivity contribution in [1.29, 1.82) is 0 Å². The SMILES string of the molecule is Cc1ccc(/C=N\NC(=O)[C@H](C)Nc2ccccc2C)o1. The first-order valence-electron chi connectivity index (χ1n) is 6.78. The Morgan fingerprint density at radius 2 is 2.00 bits per heavy atom. The van der Waals surface area contributed by atoms with Gasteiger partial charge in [-0.2, -0.15) is 5.10 Å². The summed E-state index contributed by atoms with van der Waals surface area (Å²) in [5, 5.41) is 7.04. The summed E-state index contributed by atoms with van der Waals surface area (Å²) in [6.45, 7) is 5.63. The van der Waals surface area contributed by atoms with Gasteiger partial charge in [-0.3, -0.25) is 4.79 Å². The van der Waals surface area contributed by atoms with Crippen LogP contribution in [0, 0.1) is 13.8 Å². The van der Waals surface area contributed by atoms with Gasteiger partial charge in [-0.25, -0.2) is 5.43 Å². The van der Waals surface area contributed by atoms with Crippen molar-refractivity contribution < 1.29 is 9.21 Å². The summed E-state index contributed by atoms with van der Waals surface area (Å²) in [6, 6.07) is 11.1. The monoisotopic (exact) mass is 285 g/mol. The van der Waals surface area contributed by atoms with Gasteiger partial charge in [-0.05, 0) is 44.5 Å². The molecule has 2 N–H and O–H groups in total. The minimum absolute atomic E-state index is 0.210. The molecule has 0 aliphatic carbocycles. The molecule has 1 aromatic carbocycles. The van der Waals surface area contributed by atoms with E-state index < -0.39 is 0 Å². The van der Waals surface area contributed by atoms with Gasteiger partial charge < -0.3 is 9.73 Å². The first kappa shape index (κ1) is 14.8. The number of rotatable bonds is 5. The Kier molecular flexibility index (Phi) is 4.77. The zero-order valence-corrected chi connectivity index (χ0v) is 12.4. The van der Waals surface area contributed by atoms with Gasteiger partial charge in [0.1, 0.15) is 17.6 Å². The third-order valence-electron chi connectivity index (χ3n) is 3.04. The molecule has 0 bridgehead atoms. The highest BCUT2D eigenvalue weighted by molar-refractivity contribution is 5.85. The Hall–Kier alpha value is -2.56. The maximum atomic E-state index is 11.9. The van der Waals surface area contributed by atoms with E-state index in [1.54, 1.807) is 13.0 Å². The molecule has 5 heteroatoms. The summed E-state index contributed by atoms with van der Waals surface area (Å²) in [6.07, 6.45) is 1.48. The van der Waals surface area contributed by atoms with Crippen LogP contribution >= 0.6 is 0 Å². The van der Waals surface area contributed by atoms with Crippen LogP contribution in [0.4, 0.5) is 5.69 Å². The number of anilines is 1. The Labute approximate surface area is 124 Å². The number of carbonyl (C=O) groups excluding carboxylic acids is 1. The van der Waals surface area contributed by atoms with Crippen molar-refractivity contribution in [3.8, 4) is 0 Å². The molecule has 1 heterocycles. The average Bonchev–Trinajstić information content (AvgIpc) is 2.87. The fourth-order valence-electron chi connectivity index (χ4n) is 1.81. The van der Waals surface area contributed by atoms with E-state index in [1.165, 1.54) is 6.21 Å². The average molecular weight is 285 g/mol. The van der Waals surface area contributed by atoms with Crippen molar-refractivity contribution in [3.63, 3.8) is 0 Å². The molecule has 110 valence electrons. The lowest BCUT2D eigenvalue weighted by Crippen LogP contribution is -2.35. The smallest absolute Gasteiger partial charge is 0.262 e. The Bertz CT molecular complexity index is 646. The predicted molar refractivity (Wildman–Crippen MR) is 83.4 cm³/mol. The van der Waals surface area contributed by atoms with Gasteiger partial charge in [-0.15, -0.1) is 0 Å². The molecule has 0 spiro atoms. The molecule has 0 fully saturated rings. The number of para-hydroxylation sites is 1. The number of benzene rings is 1. The summed E-state index contributed by atoms with van der Waals surface area (Å²) in [5.74, 6) is 1.20. The van der Waals surface area contributed by atoms with Crippen LogP contribution in [0.25, 0.3) is 0 Å². The van der Waals surface area contributed by atoms with Gasteiger partial charge in [0.15, 0.2) is 0 Å². The number of amides is 1. The molecule has 0 saturated carbocycles. The lowest BCUT2D eigenvalue weighted by molar-refractivity contribution is -0.121. The fourth-order valence-corrected chi connectivity index (χ4v) is 1.81. The van der Waals surface area contributed by atoms with Crippen LogP contribution in [0.3, 0.4) is 0 Å². The largest absolute Gasteiger partial charge is 0.460 e. The maximum Gasteiger partial charge on any atom is 0.262 e. The van der Waals surface area contributed by atoms with E-state index in [4.69, 9.17) is 4.42 Å². The first-order chi connectivity index (χ1) is 10.1. The summed E-state index contributed by atoms with van der Waals surface area (Å²) in [5.41, 5.74) is 4.51. The lowest BCUT2D eigenvalue weighted by Gasteiger charge is -2.15. The third-order valence-corrected chi connectivity index (χ3v) is 3.04. The van der Waals surface area contributed by atoms with E-state index in [0.29, 0.717) is 5.76 Å². The molecule has 0 unspecified atom stereocenters. The minimum atomic E-state index is -0.387. The molecule has 1 aromatic heterocycles. The summed E-state index contributed by atoms with van der Waals surface area (Å²) in [4.78, 5) is 11.9. The van der Waals surface area contributed by atoms with E-state index in [9.17, 15) is 4.79 Å². The van der Waals surface area contributed by atoms with E-state index in [2.05, 4.69) is 15.8 Å². The van der Waals surface area contributed by atoms with Crippen LogP contribution in [-0.4, -0.2) is 18.2 Å². The van der Waals surface area contributed by atoms with Gasteiger partial charge in [-0.1, -0.05) is 18.2 Å². The molecule has 1 amide bonds. The van der Waals surface area contributed by atoms with Crippen molar-refractivity contribution >= 4 is 17.8 Å². The van der Waals surface area contributed by atoms with E-state index >= 15 is 0 Å². The van der Waals surface area contributed by atoms with Crippen LogP contribution in [0.15, 0.2) is 45.9 Å². The second-order valence-electron chi connectivity index (χ2n) is 4.86. The highest BCUT2D eigenvalue weighted by Crippen LogP contribution is 2.14. The Balaban J connectivity index is 1.88. The van der Waals surface area contributed by atoms with Gasteiger partial charge in [0.2, 0.25) is 0 Å². The van der Waals surface area contributed by atoms with Crippen molar-refractivity contribution in [1.82, 2.24) is 5.43 Å². The molecule has 0 saturated heterocycles. The number of aryl methyl sites for hydroxylation is 2. The molecule has 1 atom stereocenters. The second kappa shape index (κ2) is 6.74. The summed E-state index contributed by atoms with van der Waals surface area (Å²) < 4.78 is 5.32. The Morgan fingerprint density at radius 3 is 2.67 bits per heavy atom. The normalized spacial score (nSPS) is 12.3. The minimum Gasteiger partial charge on any atom is -0.460 e. The molecule has 21 heavy (non-hydrogen) atoms. The zero-order chi connectivity index (χ0) is 15.2. The van der Waals surface area contributed by atoms with Crippen molar-refractivity contribution in [2.75, 3.05) is 5.32 Å². The molecule has 0 aliphatic heterocycles. The van der Waals surface area contributed by atoms with Gasteiger partial charge in [0.25, 0.3) is 5.91 Å². The van der Waals surface area contributed by atoms with E-state index in [-0.39, 0.29) is 11.9 Å². The number of hydrogen-bond donors (Lipinski definition) is 2. The highest BCUT2D eigenvalue weighted by atomic mass is 16.3. The molecular formula is C16H19N3O2. The zero-order valence-electron chi connectivity index (χ0n) is 12.4. The second-order valence-corrected chi connectivity index (χ2v) is 4.86. The number of carbonyl (C=O) groups is 1. The first-order valence-corrected chi connectivity index (χ1v) is 6.78. The van der Waals surface area contributed by atoms with Crippen LogP contribution in [-0.2, 0) is 4.79 Å². The standard InChI is InChI=1S/C16H19N3O2/c1-11-6-4-5-7-15(11)18-13(3)16(20)19-17-10-14-9-8-12(2)21-14/h4-10,13,18H,1-3H3,(H,19,20)/b17-10-/t13-/m0/s1. The van der Waals surface area contributed by atoms with Crippen molar-refractivity contribution in [2.24, 2.45) is 5.10 Å². The number of hydrogen-bond acceptors (Lipinski definition) is 4. The van der Waals surface area contributed by atoms with Gasteiger partial charge >= 0.3 is 0 Å².